The average molecular weight is 463 g/mol. The Balaban J connectivity index is 1.20. The lowest BCUT2D eigenvalue weighted by atomic mass is 9.81. The van der Waals surface area contributed by atoms with Crippen LogP contribution in [0.15, 0.2) is 48.5 Å². The zero-order valence-corrected chi connectivity index (χ0v) is 19.3. The summed E-state index contributed by atoms with van der Waals surface area (Å²) in [5.41, 5.74) is 3.98. The molecule has 2 unspecified atom stereocenters. The standard InChI is InChI=1S/C27H30N2O5/c1-27(25(32)29-14-17(15-29)13-24(30)31)12-6-11-23(27)28-26(33)34-16-22-20-9-4-2-7-18(20)19-8-3-5-10-21(19)22/h2-5,7-10,17,22-23H,6,11-16H2,1H3,(H,28,33)(H,30,31). The number of ether oxygens (including phenoxy) is 1. The number of alkyl carbamates (subject to hydrolysis) is 1. The summed E-state index contributed by atoms with van der Waals surface area (Å²) in [5, 5.41) is 11.9. The van der Waals surface area contributed by atoms with Gasteiger partial charge in [0.15, 0.2) is 0 Å². The maximum Gasteiger partial charge on any atom is 0.407 e. The molecule has 2 aliphatic carbocycles. The fraction of sp³-hybridized carbons (Fsp3) is 0.444. The molecule has 2 aromatic carbocycles. The molecule has 2 fully saturated rings. The normalized spacial score (nSPS) is 23.7. The molecule has 1 saturated carbocycles. The van der Waals surface area contributed by atoms with Crippen molar-refractivity contribution in [1.82, 2.24) is 10.2 Å². The van der Waals surface area contributed by atoms with E-state index in [0.717, 1.165) is 24.0 Å². The van der Waals surface area contributed by atoms with Gasteiger partial charge in [-0.05, 0) is 42.0 Å². The maximum absolute atomic E-state index is 13.2. The molecule has 2 amide bonds. The number of aliphatic carboxylic acids is 1. The second-order valence-electron chi connectivity index (χ2n) is 10.0. The van der Waals surface area contributed by atoms with Crippen molar-refractivity contribution in [2.45, 2.75) is 44.6 Å². The number of nitrogens with zero attached hydrogens (tertiary/aromatic N) is 1. The highest BCUT2D eigenvalue weighted by Crippen LogP contribution is 2.45. The predicted octanol–water partition coefficient (Wildman–Crippen LogP) is 4.02. The highest BCUT2D eigenvalue weighted by atomic mass is 16.5. The van der Waals surface area contributed by atoms with Gasteiger partial charge in [-0.3, -0.25) is 9.59 Å². The van der Waals surface area contributed by atoms with Crippen LogP contribution in [0, 0.1) is 11.3 Å². The molecule has 7 nitrogen and oxygen atoms in total. The molecule has 0 radical (unpaired) electrons. The fourth-order valence-corrected chi connectivity index (χ4v) is 5.91. The number of hydrogen-bond acceptors (Lipinski definition) is 4. The molecule has 0 aromatic heterocycles. The van der Waals surface area contributed by atoms with Gasteiger partial charge in [-0.2, -0.15) is 0 Å². The number of carboxylic acids is 1. The van der Waals surface area contributed by atoms with Crippen molar-refractivity contribution in [3.05, 3.63) is 59.7 Å². The zero-order valence-electron chi connectivity index (χ0n) is 19.3. The lowest BCUT2D eigenvalue weighted by molar-refractivity contribution is -0.152. The van der Waals surface area contributed by atoms with Gasteiger partial charge >= 0.3 is 12.1 Å². The van der Waals surface area contributed by atoms with E-state index in [1.807, 2.05) is 31.2 Å². The summed E-state index contributed by atoms with van der Waals surface area (Å²) in [5.74, 6) is -0.837. The van der Waals surface area contributed by atoms with Crippen LogP contribution in [0.5, 0.6) is 0 Å². The van der Waals surface area contributed by atoms with Gasteiger partial charge in [0.1, 0.15) is 6.61 Å². The Kier molecular flexibility index (Phi) is 5.80. The van der Waals surface area contributed by atoms with Crippen molar-refractivity contribution in [3.63, 3.8) is 0 Å². The molecule has 178 valence electrons. The van der Waals surface area contributed by atoms with Crippen molar-refractivity contribution in [3.8, 4) is 11.1 Å². The molecule has 2 atom stereocenters. The van der Waals surface area contributed by atoms with E-state index in [2.05, 4.69) is 29.6 Å². The molecule has 0 bridgehead atoms. The number of carbonyl (C=O) groups excluding carboxylic acids is 2. The Morgan fingerprint density at radius 3 is 2.29 bits per heavy atom. The molecule has 1 heterocycles. The second-order valence-corrected chi connectivity index (χ2v) is 10.0. The van der Waals surface area contributed by atoms with E-state index in [1.54, 1.807) is 4.90 Å². The van der Waals surface area contributed by atoms with Gasteiger partial charge in [-0.25, -0.2) is 4.79 Å². The summed E-state index contributed by atoms with van der Waals surface area (Å²) < 4.78 is 5.70. The number of benzene rings is 2. The molecule has 3 aliphatic rings. The number of rotatable bonds is 6. The summed E-state index contributed by atoms with van der Waals surface area (Å²) in [6.07, 6.45) is 1.85. The van der Waals surface area contributed by atoms with Crippen LogP contribution in [-0.4, -0.2) is 53.7 Å². The van der Waals surface area contributed by atoms with Crippen LogP contribution in [0.4, 0.5) is 4.79 Å². The number of carboxylic acid groups (broad SMARTS) is 1. The minimum atomic E-state index is -0.834. The maximum atomic E-state index is 13.2. The highest BCUT2D eigenvalue weighted by Gasteiger charge is 2.50. The van der Waals surface area contributed by atoms with E-state index in [4.69, 9.17) is 9.84 Å². The molecular weight excluding hydrogens is 432 g/mol. The Bertz CT molecular complexity index is 1080. The molecule has 2 N–H and O–H groups in total. The van der Waals surface area contributed by atoms with E-state index >= 15 is 0 Å². The zero-order chi connectivity index (χ0) is 23.9. The Morgan fingerprint density at radius 2 is 1.68 bits per heavy atom. The molecule has 2 aromatic rings. The molecule has 0 spiro atoms. The van der Waals surface area contributed by atoms with E-state index in [1.165, 1.54) is 11.1 Å². The first-order chi connectivity index (χ1) is 16.4. The van der Waals surface area contributed by atoms with Gasteiger partial charge in [0.05, 0.1) is 11.8 Å². The molecule has 1 aliphatic heterocycles. The Labute approximate surface area is 199 Å². The quantitative estimate of drug-likeness (QED) is 0.676. The molecule has 5 rings (SSSR count). The lowest BCUT2D eigenvalue weighted by Gasteiger charge is -2.44. The highest BCUT2D eigenvalue weighted by molar-refractivity contribution is 5.85. The predicted molar refractivity (Wildman–Crippen MR) is 126 cm³/mol. The van der Waals surface area contributed by atoms with Crippen LogP contribution in [0.1, 0.15) is 49.7 Å². The number of carbonyl (C=O) groups is 3. The summed E-state index contributed by atoms with van der Waals surface area (Å²) in [7, 11) is 0. The van der Waals surface area contributed by atoms with Crippen LogP contribution in [0.3, 0.4) is 0 Å². The van der Waals surface area contributed by atoms with Crippen molar-refractivity contribution < 1.29 is 24.2 Å². The second kappa shape index (κ2) is 8.78. The third kappa shape index (κ3) is 3.93. The molecular formula is C27H30N2O5. The third-order valence-electron chi connectivity index (χ3n) is 7.79. The average Bonchev–Trinajstić information content (AvgIpc) is 3.32. The van der Waals surface area contributed by atoms with Crippen molar-refractivity contribution >= 4 is 18.0 Å². The first-order valence-electron chi connectivity index (χ1n) is 12.0. The number of nitrogens with one attached hydrogen (secondary N) is 1. The minimum absolute atomic E-state index is 0.00409. The van der Waals surface area contributed by atoms with Crippen molar-refractivity contribution in [2.75, 3.05) is 19.7 Å². The minimum Gasteiger partial charge on any atom is -0.481 e. The van der Waals surface area contributed by atoms with Crippen LogP contribution >= 0.6 is 0 Å². The van der Waals surface area contributed by atoms with Gasteiger partial charge in [0.25, 0.3) is 0 Å². The van der Waals surface area contributed by atoms with Gasteiger partial charge in [-0.1, -0.05) is 55.0 Å². The SMILES string of the molecule is CC1(C(=O)N2CC(CC(=O)O)C2)CCCC1NC(=O)OCC1c2ccccc2-c2ccccc21. The third-order valence-corrected chi connectivity index (χ3v) is 7.79. The smallest absolute Gasteiger partial charge is 0.407 e. The topological polar surface area (TPSA) is 95.9 Å². The monoisotopic (exact) mass is 462 g/mol. The van der Waals surface area contributed by atoms with Gasteiger partial charge < -0.3 is 20.1 Å². The first-order valence-corrected chi connectivity index (χ1v) is 12.0. The Morgan fingerprint density at radius 1 is 1.06 bits per heavy atom. The number of hydrogen-bond donors (Lipinski definition) is 2. The van der Waals surface area contributed by atoms with E-state index in [0.29, 0.717) is 19.5 Å². The van der Waals surface area contributed by atoms with Crippen molar-refractivity contribution in [1.29, 1.82) is 0 Å². The van der Waals surface area contributed by atoms with Gasteiger partial charge in [0.2, 0.25) is 5.91 Å². The van der Waals surface area contributed by atoms with Gasteiger partial charge in [0, 0.05) is 31.0 Å². The summed E-state index contributed by atoms with van der Waals surface area (Å²) >= 11 is 0. The fourth-order valence-electron chi connectivity index (χ4n) is 5.91. The number of fused-ring (bicyclic) bond motifs is 3. The summed E-state index contributed by atoms with van der Waals surface area (Å²) in [6.45, 7) is 3.08. The molecule has 1 saturated heterocycles. The van der Waals surface area contributed by atoms with Crippen molar-refractivity contribution in [2.24, 2.45) is 11.3 Å². The summed E-state index contributed by atoms with van der Waals surface area (Å²) in [4.78, 5) is 38.6. The van der Waals surface area contributed by atoms with E-state index in [-0.39, 0.29) is 36.8 Å². The largest absolute Gasteiger partial charge is 0.481 e. The first kappa shape index (κ1) is 22.4. The number of likely N-dealkylation sites (tertiary alicyclic amines) is 1. The lowest BCUT2D eigenvalue weighted by Crippen LogP contribution is -2.59. The van der Waals surface area contributed by atoms with Crippen LogP contribution < -0.4 is 5.32 Å². The van der Waals surface area contributed by atoms with E-state index in [9.17, 15) is 14.4 Å². The number of amides is 2. The van der Waals surface area contributed by atoms with Crippen LogP contribution in [0.25, 0.3) is 11.1 Å². The Hall–Kier alpha value is -3.35. The molecule has 7 heteroatoms. The van der Waals surface area contributed by atoms with Crippen LogP contribution in [-0.2, 0) is 14.3 Å². The van der Waals surface area contributed by atoms with Crippen LogP contribution in [0.2, 0.25) is 0 Å². The summed E-state index contributed by atoms with van der Waals surface area (Å²) in [6, 6.07) is 16.1. The molecule has 34 heavy (non-hydrogen) atoms. The van der Waals surface area contributed by atoms with Gasteiger partial charge in [-0.15, -0.1) is 0 Å². The van der Waals surface area contributed by atoms with E-state index < -0.39 is 17.5 Å².